The number of nitrogens with zero attached hydrogens (tertiary/aromatic N) is 2. The first-order valence-corrected chi connectivity index (χ1v) is 10.4. The number of rotatable bonds is 6. The summed E-state index contributed by atoms with van der Waals surface area (Å²) in [6, 6.07) is 7.91. The minimum Gasteiger partial charge on any atom is -0.395 e. The predicted molar refractivity (Wildman–Crippen MR) is 100 cm³/mol. The third kappa shape index (κ3) is 6.63. The lowest BCUT2D eigenvalue weighted by molar-refractivity contribution is 0.149. The lowest BCUT2D eigenvalue weighted by Crippen LogP contribution is -2.48. The summed E-state index contributed by atoms with van der Waals surface area (Å²) < 4.78 is 0.923. The monoisotopic (exact) mass is 374 g/mol. The Hall–Kier alpha value is -0.270. The third-order valence-corrected chi connectivity index (χ3v) is 6.00. The van der Waals surface area contributed by atoms with Crippen LogP contribution in [-0.2, 0) is 11.9 Å². The van der Waals surface area contributed by atoms with E-state index >= 15 is 0 Å². The zero-order valence-corrected chi connectivity index (χ0v) is 15.5. The Kier molecular flexibility index (Phi) is 8.19. The van der Waals surface area contributed by atoms with Gasteiger partial charge in [0.05, 0.1) is 6.61 Å². The summed E-state index contributed by atoms with van der Waals surface area (Å²) in [6.45, 7) is 4.68. The van der Waals surface area contributed by atoms with Crippen molar-refractivity contribution in [3.05, 3.63) is 35.4 Å². The van der Waals surface area contributed by atoms with Gasteiger partial charge in [-0.3, -0.25) is 4.90 Å². The van der Waals surface area contributed by atoms with Gasteiger partial charge in [-0.2, -0.15) is 0 Å². The molecule has 1 aliphatic rings. The molecular weight excluding hydrogens is 351 g/mol. The standard InChI is InChI=1S/C15H23N2O3PS2/c18-10-9-16-5-7-17(8-6-16)15(22)23-12-14-3-1-13(2-4-14)11-21(19)20/h1-4,18-20H,5-12H2. The predicted octanol–water partition coefficient (Wildman–Crippen LogP) is 1.61. The largest absolute Gasteiger partial charge is 0.395 e. The second-order valence-electron chi connectivity index (χ2n) is 5.45. The zero-order chi connectivity index (χ0) is 16.7. The number of piperazine rings is 1. The number of aliphatic hydroxyl groups excluding tert-OH is 1. The van der Waals surface area contributed by atoms with Gasteiger partial charge < -0.3 is 19.8 Å². The Bertz CT molecular complexity index is 494. The Morgan fingerprint density at radius 2 is 1.70 bits per heavy atom. The normalized spacial score (nSPS) is 16.1. The van der Waals surface area contributed by atoms with Crippen LogP contribution in [0.3, 0.4) is 0 Å². The van der Waals surface area contributed by atoms with Gasteiger partial charge in [-0.15, -0.1) is 0 Å². The molecule has 8 heteroatoms. The fraction of sp³-hybridized carbons (Fsp3) is 0.533. The van der Waals surface area contributed by atoms with E-state index in [0.29, 0.717) is 6.16 Å². The quantitative estimate of drug-likeness (QED) is 0.516. The van der Waals surface area contributed by atoms with Crippen LogP contribution in [0.5, 0.6) is 0 Å². The zero-order valence-electron chi connectivity index (χ0n) is 13.0. The van der Waals surface area contributed by atoms with E-state index in [1.54, 1.807) is 11.8 Å². The molecule has 5 nitrogen and oxygen atoms in total. The molecule has 0 atom stereocenters. The summed E-state index contributed by atoms with van der Waals surface area (Å²) in [4.78, 5) is 22.5. The Labute approximate surface area is 148 Å². The highest BCUT2D eigenvalue weighted by Crippen LogP contribution is 2.29. The first kappa shape index (κ1) is 19.1. The van der Waals surface area contributed by atoms with Crippen LogP contribution in [0.2, 0.25) is 0 Å². The van der Waals surface area contributed by atoms with Crippen LogP contribution >= 0.6 is 32.4 Å². The van der Waals surface area contributed by atoms with Gasteiger partial charge in [-0.1, -0.05) is 48.2 Å². The Morgan fingerprint density at radius 3 is 2.26 bits per heavy atom. The first-order valence-electron chi connectivity index (χ1n) is 7.56. The van der Waals surface area contributed by atoms with Crippen molar-refractivity contribution in [2.75, 3.05) is 39.3 Å². The fourth-order valence-electron chi connectivity index (χ4n) is 2.44. The van der Waals surface area contributed by atoms with E-state index in [4.69, 9.17) is 27.1 Å². The molecule has 0 amide bonds. The van der Waals surface area contributed by atoms with Gasteiger partial charge in [0.2, 0.25) is 0 Å². The lowest BCUT2D eigenvalue weighted by Gasteiger charge is -2.35. The molecule has 0 aromatic heterocycles. The molecular formula is C15H23N2O3PS2. The van der Waals surface area contributed by atoms with E-state index < -0.39 is 8.38 Å². The van der Waals surface area contributed by atoms with E-state index in [1.807, 2.05) is 24.3 Å². The molecule has 0 saturated carbocycles. The van der Waals surface area contributed by atoms with Gasteiger partial charge in [-0.25, -0.2) is 0 Å². The van der Waals surface area contributed by atoms with E-state index in [9.17, 15) is 0 Å². The molecule has 3 N–H and O–H groups in total. The van der Waals surface area contributed by atoms with Crippen molar-refractivity contribution < 1.29 is 14.9 Å². The fourth-order valence-corrected chi connectivity index (χ4v) is 4.18. The van der Waals surface area contributed by atoms with Gasteiger partial charge in [0.1, 0.15) is 4.32 Å². The maximum atomic E-state index is 9.02. The highest BCUT2D eigenvalue weighted by atomic mass is 32.2. The molecule has 0 spiro atoms. The number of thiocarbonyl (C=S) groups is 1. The maximum Gasteiger partial charge on any atom is 0.169 e. The van der Waals surface area contributed by atoms with Crippen LogP contribution < -0.4 is 0 Å². The highest BCUT2D eigenvalue weighted by molar-refractivity contribution is 8.22. The average molecular weight is 374 g/mol. The molecule has 1 aromatic rings. The first-order chi connectivity index (χ1) is 11.1. The molecule has 1 saturated heterocycles. The van der Waals surface area contributed by atoms with E-state index in [-0.39, 0.29) is 6.61 Å². The summed E-state index contributed by atoms with van der Waals surface area (Å²) in [7, 11) is -1.87. The number of hydrogen-bond donors (Lipinski definition) is 3. The molecule has 1 fully saturated rings. The molecule has 2 rings (SSSR count). The van der Waals surface area contributed by atoms with Crippen molar-refractivity contribution in [3.63, 3.8) is 0 Å². The molecule has 0 radical (unpaired) electrons. The number of β-amino-alcohol motifs (C(OH)–C–C–N with tert-alkyl or cyclic N) is 1. The summed E-state index contributed by atoms with van der Waals surface area (Å²) >= 11 is 7.18. The minimum absolute atomic E-state index is 0.212. The molecule has 128 valence electrons. The van der Waals surface area contributed by atoms with Crippen molar-refractivity contribution in [3.8, 4) is 0 Å². The van der Waals surface area contributed by atoms with Crippen molar-refractivity contribution in [1.82, 2.24) is 9.80 Å². The van der Waals surface area contributed by atoms with Gasteiger partial charge in [0, 0.05) is 44.6 Å². The number of aliphatic hydroxyl groups is 1. The minimum atomic E-state index is -1.87. The van der Waals surface area contributed by atoms with Gasteiger partial charge in [0.25, 0.3) is 0 Å². The van der Waals surface area contributed by atoms with Crippen LogP contribution in [0.1, 0.15) is 11.1 Å². The summed E-state index contributed by atoms with van der Waals surface area (Å²) in [5, 5.41) is 8.96. The summed E-state index contributed by atoms with van der Waals surface area (Å²) in [5.41, 5.74) is 2.12. The molecule has 0 unspecified atom stereocenters. The molecule has 1 heterocycles. The highest BCUT2D eigenvalue weighted by Gasteiger charge is 2.18. The van der Waals surface area contributed by atoms with Crippen LogP contribution in [-0.4, -0.2) is 68.3 Å². The van der Waals surface area contributed by atoms with Crippen molar-refractivity contribution in [2.45, 2.75) is 11.9 Å². The number of hydrogen-bond acceptors (Lipinski definition) is 6. The molecule has 0 aliphatic carbocycles. The van der Waals surface area contributed by atoms with Crippen molar-refractivity contribution in [2.24, 2.45) is 0 Å². The Balaban J connectivity index is 1.74. The maximum absolute atomic E-state index is 9.02. The van der Waals surface area contributed by atoms with Gasteiger partial charge in [-0.05, 0) is 11.1 Å². The number of thioether (sulfide) groups is 1. The Morgan fingerprint density at radius 1 is 1.09 bits per heavy atom. The van der Waals surface area contributed by atoms with E-state index in [0.717, 1.165) is 48.4 Å². The molecule has 23 heavy (non-hydrogen) atoms. The van der Waals surface area contributed by atoms with E-state index in [2.05, 4.69) is 9.80 Å². The molecule has 0 bridgehead atoms. The second kappa shape index (κ2) is 9.89. The summed E-state index contributed by atoms with van der Waals surface area (Å²) in [5.74, 6) is 0.822. The topological polar surface area (TPSA) is 67.2 Å². The third-order valence-electron chi connectivity index (χ3n) is 3.76. The van der Waals surface area contributed by atoms with Crippen LogP contribution in [0.4, 0.5) is 0 Å². The molecule has 1 aromatic carbocycles. The molecule has 1 aliphatic heterocycles. The van der Waals surface area contributed by atoms with Crippen LogP contribution in [0.25, 0.3) is 0 Å². The smallest absolute Gasteiger partial charge is 0.169 e. The van der Waals surface area contributed by atoms with Crippen molar-refractivity contribution in [1.29, 1.82) is 0 Å². The van der Waals surface area contributed by atoms with Crippen molar-refractivity contribution >= 4 is 36.7 Å². The van der Waals surface area contributed by atoms with Gasteiger partial charge in [0.15, 0.2) is 8.38 Å². The SMILES string of the molecule is OCCN1CCN(C(=S)SCc2ccc(CP(O)O)cc2)CC1. The second-order valence-corrected chi connectivity index (χ2v) is 8.12. The van der Waals surface area contributed by atoms with E-state index in [1.165, 1.54) is 5.56 Å². The average Bonchev–Trinajstić information content (AvgIpc) is 2.54. The number of benzene rings is 1. The van der Waals surface area contributed by atoms with Crippen LogP contribution in [0.15, 0.2) is 24.3 Å². The van der Waals surface area contributed by atoms with Crippen LogP contribution in [0, 0.1) is 0 Å². The lowest BCUT2D eigenvalue weighted by atomic mass is 10.2. The van der Waals surface area contributed by atoms with Gasteiger partial charge >= 0.3 is 0 Å². The summed E-state index contributed by atoms with van der Waals surface area (Å²) in [6.07, 6.45) is 0.319.